The van der Waals surface area contributed by atoms with E-state index in [1.807, 2.05) is 0 Å². The van der Waals surface area contributed by atoms with Gasteiger partial charge in [0.25, 0.3) is 0 Å². The average molecular weight is 330 g/mol. The summed E-state index contributed by atoms with van der Waals surface area (Å²) in [7, 11) is -3.00. The first-order chi connectivity index (χ1) is 10.4. The summed E-state index contributed by atoms with van der Waals surface area (Å²) in [6.07, 6.45) is 9.25. The van der Waals surface area contributed by atoms with E-state index in [-0.39, 0.29) is 17.3 Å². The summed E-state index contributed by atoms with van der Waals surface area (Å²) in [4.78, 5) is 12.0. The van der Waals surface area contributed by atoms with Gasteiger partial charge in [-0.2, -0.15) is 0 Å². The molecule has 4 atom stereocenters. The van der Waals surface area contributed by atoms with Crippen LogP contribution in [0.25, 0.3) is 0 Å². The van der Waals surface area contributed by atoms with Gasteiger partial charge >= 0.3 is 6.03 Å². The Labute approximate surface area is 134 Å². The minimum absolute atomic E-state index is 0.0148. The molecule has 5 nitrogen and oxygen atoms in total. The highest BCUT2D eigenvalue weighted by Crippen LogP contribution is 2.33. The molecule has 2 N–H and O–H groups in total. The molecule has 0 aliphatic heterocycles. The van der Waals surface area contributed by atoms with Crippen molar-refractivity contribution < 1.29 is 13.2 Å². The highest BCUT2D eigenvalue weighted by Gasteiger charge is 2.30. The lowest BCUT2D eigenvalue weighted by Crippen LogP contribution is -2.47. The Balaban J connectivity index is 1.75. The highest BCUT2D eigenvalue weighted by atomic mass is 32.2. The lowest BCUT2D eigenvalue weighted by Gasteiger charge is -2.29. The van der Waals surface area contributed by atoms with Gasteiger partial charge in [0.1, 0.15) is 9.84 Å². The van der Waals surface area contributed by atoms with Gasteiger partial charge < -0.3 is 10.6 Å². The van der Waals surface area contributed by atoms with Crippen LogP contribution in [-0.2, 0) is 9.84 Å². The van der Waals surface area contributed by atoms with Gasteiger partial charge in [-0.05, 0) is 37.5 Å². The van der Waals surface area contributed by atoms with Gasteiger partial charge in [0.15, 0.2) is 0 Å². The Hall–Kier alpha value is -0.780. The van der Waals surface area contributed by atoms with Crippen molar-refractivity contribution in [1.29, 1.82) is 0 Å². The van der Waals surface area contributed by atoms with Crippen molar-refractivity contribution in [2.75, 3.05) is 12.8 Å². The molecule has 0 aromatic heterocycles. The molecule has 2 saturated carbocycles. The van der Waals surface area contributed by atoms with E-state index in [2.05, 4.69) is 17.6 Å². The summed E-state index contributed by atoms with van der Waals surface area (Å²) in [5.41, 5.74) is 0. The van der Waals surface area contributed by atoms with E-state index < -0.39 is 9.84 Å². The van der Waals surface area contributed by atoms with Crippen LogP contribution in [0.5, 0.6) is 0 Å². The Morgan fingerprint density at radius 2 is 1.77 bits per heavy atom. The van der Waals surface area contributed by atoms with Gasteiger partial charge in [0.2, 0.25) is 0 Å². The minimum Gasteiger partial charge on any atom is -0.338 e. The molecule has 0 spiro atoms. The van der Waals surface area contributed by atoms with Gasteiger partial charge in [-0.25, -0.2) is 13.2 Å². The number of nitrogens with one attached hydrogen (secondary N) is 2. The number of rotatable bonds is 5. The monoisotopic (exact) mass is 330 g/mol. The van der Waals surface area contributed by atoms with E-state index in [0.29, 0.717) is 12.3 Å². The summed E-state index contributed by atoms with van der Waals surface area (Å²) in [5.74, 6) is 1.34. The summed E-state index contributed by atoms with van der Waals surface area (Å²) < 4.78 is 23.3. The minimum atomic E-state index is -3.00. The van der Waals surface area contributed by atoms with Gasteiger partial charge in [0.05, 0.1) is 5.25 Å². The van der Waals surface area contributed by atoms with E-state index >= 15 is 0 Å². The molecule has 4 unspecified atom stereocenters. The molecule has 0 radical (unpaired) electrons. The first kappa shape index (κ1) is 17.6. The fraction of sp³-hybridized carbons (Fsp3) is 0.938. The van der Waals surface area contributed by atoms with Crippen LogP contribution in [0.1, 0.15) is 58.3 Å². The van der Waals surface area contributed by atoms with Crippen LogP contribution < -0.4 is 10.6 Å². The third-order valence-corrected chi connectivity index (χ3v) is 7.07. The van der Waals surface area contributed by atoms with Crippen molar-refractivity contribution in [3.8, 4) is 0 Å². The smallest absolute Gasteiger partial charge is 0.315 e. The molecule has 22 heavy (non-hydrogen) atoms. The zero-order valence-corrected chi connectivity index (χ0v) is 14.6. The average Bonchev–Trinajstić information content (AvgIpc) is 2.92. The molecule has 2 aliphatic rings. The van der Waals surface area contributed by atoms with Crippen molar-refractivity contribution in [2.24, 2.45) is 11.8 Å². The molecule has 0 aromatic rings. The van der Waals surface area contributed by atoms with Crippen LogP contribution >= 0.6 is 0 Å². The quantitative estimate of drug-likeness (QED) is 0.813. The second-order valence-corrected chi connectivity index (χ2v) is 9.35. The largest absolute Gasteiger partial charge is 0.338 e. The number of sulfone groups is 1. The third kappa shape index (κ3) is 4.86. The van der Waals surface area contributed by atoms with Crippen LogP contribution in [-0.4, -0.2) is 38.5 Å². The molecular weight excluding hydrogens is 300 g/mol. The molecule has 2 fully saturated rings. The first-order valence-electron chi connectivity index (χ1n) is 8.63. The summed E-state index contributed by atoms with van der Waals surface area (Å²) in [5, 5.41) is 5.65. The number of amides is 2. The lowest BCUT2D eigenvalue weighted by atomic mass is 9.93. The molecule has 2 aliphatic carbocycles. The summed E-state index contributed by atoms with van der Waals surface area (Å²) in [6.45, 7) is 2.96. The number of hydrogen-bond donors (Lipinski definition) is 2. The van der Waals surface area contributed by atoms with Crippen molar-refractivity contribution >= 4 is 15.9 Å². The normalized spacial score (nSPS) is 32.6. The molecule has 0 bridgehead atoms. The van der Waals surface area contributed by atoms with E-state index in [0.717, 1.165) is 31.7 Å². The molecular formula is C16H30N2O3S. The maximum absolute atomic E-state index is 12.0. The van der Waals surface area contributed by atoms with Crippen molar-refractivity contribution in [1.82, 2.24) is 10.6 Å². The Morgan fingerprint density at radius 3 is 2.45 bits per heavy atom. The summed E-state index contributed by atoms with van der Waals surface area (Å²) in [6, 6.07) is -0.153. The molecule has 0 heterocycles. The summed E-state index contributed by atoms with van der Waals surface area (Å²) >= 11 is 0. The fourth-order valence-electron chi connectivity index (χ4n) is 4.04. The van der Waals surface area contributed by atoms with Crippen LogP contribution in [0, 0.1) is 11.8 Å². The molecule has 2 amide bonds. The maximum atomic E-state index is 12.0. The Bertz CT molecular complexity index is 478. The molecule has 2 rings (SSSR count). The number of urea groups is 1. The van der Waals surface area contributed by atoms with Crippen LogP contribution in [0.3, 0.4) is 0 Å². The second kappa shape index (κ2) is 7.66. The second-order valence-electron chi connectivity index (χ2n) is 7.03. The fourth-order valence-corrected chi connectivity index (χ4v) is 5.22. The number of carbonyl (C=O) groups is 1. The number of carbonyl (C=O) groups excluding carboxylic acids is 1. The van der Waals surface area contributed by atoms with Crippen LogP contribution in [0.2, 0.25) is 0 Å². The van der Waals surface area contributed by atoms with Gasteiger partial charge in [0, 0.05) is 18.8 Å². The van der Waals surface area contributed by atoms with Crippen LogP contribution in [0.15, 0.2) is 0 Å². The van der Waals surface area contributed by atoms with Gasteiger partial charge in [-0.3, -0.25) is 0 Å². The molecule has 0 saturated heterocycles. The Morgan fingerprint density at radius 1 is 1.09 bits per heavy atom. The van der Waals surface area contributed by atoms with E-state index in [9.17, 15) is 13.2 Å². The first-order valence-corrected chi connectivity index (χ1v) is 10.6. The molecule has 0 aromatic carbocycles. The lowest BCUT2D eigenvalue weighted by molar-refractivity contribution is 0.228. The highest BCUT2D eigenvalue weighted by molar-refractivity contribution is 7.91. The van der Waals surface area contributed by atoms with Crippen LogP contribution in [0.4, 0.5) is 4.79 Å². The predicted octanol–water partition coefficient (Wildman–Crippen LogP) is 2.47. The van der Waals surface area contributed by atoms with Gasteiger partial charge in [-0.1, -0.05) is 32.6 Å². The standard InChI is InChI=1S/C16H30N2O3S/c1-3-12-6-4-7-13(12)11-17-16(19)18-14-8-5-9-15(10-14)22(2,20)21/h12-15H,3-11H2,1-2H3,(H2,17,18,19). The maximum Gasteiger partial charge on any atom is 0.315 e. The van der Waals surface area contributed by atoms with E-state index in [4.69, 9.17) is 0 Å². The SMILES string of the molecule is CCC1CCCC1CNC(=O)NC1CCCC(S(C)(=O)=O)C1. The zero-order valence-electron chi connectivity index (χ0n) is 13.8. The zero-order chi connectivity index (χ0) is 16.2. The van der Waals surface area contributed by atoms with E-state index in [1.165, 1.54) is 31.9 Å². The number of hydrogen-bond acceptors (Lipinski definition) is 3. The molecule has 6 heteroatoms. The van der Waals surface area contributed by atoms with Crippen molar-refractivity contribution in [3.05, 3.63) is 0 Å². The van der Waals surface area contributed by atoms with Crippen molar-refractivity contribution in [2.45, 2.75) is 69.6 Å². The van der Waals surface area contributed by atoms with Gasteiger partial charge in [-0.15, -0.1) is 0 Å². The van der Waals surface area contributed by atoms with E-state index in [1.54, 1.807) is 0 Å². The predicted molar refractivity (Wildman–Crippen MR) is 88.5 cm³/mol. The third-order valence-electron chi connectivity index (χ3n) is 5.43. The molecule has 128 valence electrons. The Kier molecular flexibility index (Phi) is 6.12. The topological polar surface area (TPSA) is 75.3 Å². The van der Waals surface area contributed by atoms with Crippen molar-refractivity contribution in [3.63, 3.8) is 0 Å².